The first-order valence-corrected chi connectivity index (χ1v) is 6.09. The van der Waals surface area contributed by atoms with Gasteiger partial charge in [0, 0.05) is 51.5 Å². The Morgan fingerprint density at radius 3 is 2.20 bits per heavy atom. The van der Waals surface area contributed by atoms with Crippen molar-refractivity contribution in [3.8, 4) is 0 Å². The van der Waals surface area contributed by atoms with Crippen LogP contribution in [0.1, 0.15) is 12.8 Å². The third-order valence-electron chi connectivity index (χ3n) is 3.56. The Hall–Kier alpha value is -0.540. The molecule has 0 aromatic heterocycles. The largest absolute Gasteiger partial charge is 0.374 e. The van der Waals surface area contributed by atoms with Crippen LogP contribution in [0.4, 0.5) is 0 Å². The monoisotopic (exact) mass is 209 g/mol. The topological polar surface area (TPSA) is 9.72 Å². The van der Waals surface area contributed by atoms with Gasteiger partial charge in [0.1, 0.15) is 0 Å². The first kappa shape index (κ1) is 11.0. The standard InChI is InChI=1S/C12H23N3/c1-12(15-5-3-4-6-15)11-14-9-7-13(2)8-10-14/h1,3-11H2,2H3. The molecular formula is C12H23N3. The molecule has 2 fully saturated rings. The van der Waals surface area contributed by atoms with Crippen molar-refractivity contribution < 1.29 is 0 Å². The van der Waals surface area contributed by atoms with Gasteiger partial charge in [-0.2, -0.15) is 0 Å². The molecule has 2 aliphatic heterocycles. The van der Waals surface area contributed by atoms with E-state index in [1.807, 2.05) is 0 Å². The van der Waals surface area contributed by atoms with Crippen LogP contribution in [0.25, 0.3) is 0 Å². The zero-order valence-electron chi connectivity index (χ0n) is 9.91. The van der Waals surface area contributed by atoms with Crippen molar-refractivity contribution in [2.24, 2.45) is 0 Å². The van der Waals surface area contributed by atoms with Crippen molar-refractivity contribution in [2.45, 2.75) is 12.8 Å². The van der Waals surface area contributed by atoms with Gasteiger partial charge in [-0.1, -0.05) is 6.58 Å². The van der Waals surface area contributed by atoms with Crippen LogP contribution < -0.4 is 0 Å². The summed E-state index contributed by atoms with van der Waals surface area (Å²) in [6.07, 6.45) is 2.70. The second-order valence-electron chi connectivity index (χ2n) is 4.84. The number of nitrogens with zero attached hydrogens (tertiary/aromatic N) is 3. The predicted octanol–water partition coefficient (Wildman–Crippen LogP) is 0.843. The fourth-order valence-electron chi connectivity index (χ4n) is 2.40. The lowest BCUT2D eigenvalue weighted by atomic mass is 10.3. The van der Waals surface area contributed by atoms with Gasteiger partial charge in [-0.05, 0) is 19.9 Å². The van der Waals surface area contributed by atoms with Gasteiger partial charge in [-0.3, -0.25) is 4.90 Å². The van der Waals surface area contributed by atoms with Crippen molar-refractivity contribution in [3.63, 3.8) is 0 Å². The molecule has 2 aliphatic rings. The van der Waals surface area contributed by atoms with E-state index in [0.29, 0.717) is 0 Å². The Morgan fingerprint density at radius 2 is 1.60 bits per heavy atom. The van der Waals surface area contributed by atoms with Crippen molar-refractivity contribution in [2.75, 3.05) is 52.9 Å². The van der Waals surface area contributed by atoms with Gasteiger partial charge in [-0.25, -0.2) is 0 Å². The smallest absolute Gasteiger partial charge is 0.0378 e. The molecular weight excluding hydrogens is 186 g/mol. The molecule has 0 aromatic rings. The van der Waals surface area contributed by atoms with Gasteiger partial charge >= 0.3 is 0 Å². The van der Waals surface area contributed by atoms with E-state index in [-0.39, 0.29) is 0 Å². The number of likely N-dealkylation sites (tertiary alicyclic amines) is 1. The maximum absolute atomic E-state index is 4.22. The molecule has 0 spiro atoms. The molecule has 15 heavy (non-hydrogen) atoms. The summed E-state index contributed by atoms with van der Waals surface area (Å²) >= 11 is 0. The Kier molecular flexibility index (Phi) is 3.65. The van der Waals surface area contributed by atoms with Crippen molar-refractivity contribution in [1.82, 2.24) is 14.7 Å². The second kappa shape index (κ2) is 4.99. The average molecular weight is 209 g/mol. The Balaban J connectivity index is 1.74. The molecule has 0 radical (unpaired) electrons. The lowest BCUT2D eigenvalue weighted by Crippen LogP contribution is -2.46. The average Bonchev–Trinajstić information content (AvgIpc) is 2.74. The minimum atomic E-state index is 1.08. The summed E-state index contributed by atoms with van der Waals surface area (Å²) in [7, 11) is 2.20. The molecule has 0 N–H and O–H groups in total. The summed E-state index contributed by atoms with van der Waals surface area (Å²) in [4.78, 5) is 7.38. The summed E-state index contributed by atoms with van der Waals surface area (Å²) in [6, 6.07) is 0. The molecule has 86 valence electrons. The van der Waals surface area contributed by atoms with Crippen molar-refractivity contribution >= 4 is 0 Å². The molecule has 3 nitrogen and oxygen atoms in total. The SMILES string of the molecule is C=C(CN1CCN(C)CC1)N1CCCC1. The number of hydrogen-bond donors (Lipinski definition) is 0. The minimum absolute atomic E-state index is 1.08. The maximum Gasteiger partial charge on any atom is 0.0378 e. The molecule has 0 unspecified atom stereocenters. The molecule has 2 rings (SSSR count). The molecule has 2 saturated heterocycles. The van der Waals surface area contributed by atoms with Gasteiger partial charge in [-0.15, -0.1) is 0 Å². The summed E-state index contributed by atoms with van der Waals surface area (Å²) in [5.41, 5.74) is 1.33. The van der Waals surface area contributed by atoms with E-state index in [2.05, 4.69) is 28.3 Å². The van der Waals surface area contributed by atoms with Crippen molar-refractivity contribution in [3.05, 3.63) is 12.3 Å². The fraction of sp³-hybridized carbons (Fsp3) is 0.833. The quantitative estimate of drug-likeness (QED) is 0.682. The summed E-state index contributed by atoms with van der Waals surface area (Å²) < 4.78 is 0. The molecule has 3 heteroatoms. The summed E-state index contributed by atoms with van der Waals surface area (Å²) in [5, 5.41) is 0. The molecule has 0 aliphatic carbocycles. The van der Waals surface area contributed by atoms with E-state index in [1.165, 1.54) is 57.8 Å². The highest BCUT2D eigenvalue weighted by Crippen LogP contribution is 2.14. The highest BCUT2D eigenvalue weighted by Gasteiger charge is 2.18. The van der Waals surface area contributed by atoms with E-state index >= 15 is 0 Å². The van der Waals surface area contributed by atoms with E-state index in [1.54, 1.807) is 0 Å². The van der Waals surface area contributed by atoms with Crippen molar-refractivity contribution in [1.29, 1.82) is 0 Å². The summed E-state index contributed by atoms with van der Waals surface area (Å²) in [6.45, 7) is 12.6. The second-order valence-corrected chi connectivity index (χ2v) is 4.84. The van der Waals surface area contributed by atoms with Gasteiger partial charge in [0.25, 0.3) is 0 Å². The Morgan fingerprint density at radius 1 is 1.00 bits per heavy atom. The maximum atomic E-state index is 4.22. The molecule has 0 aromatic carbocycles. The highest BCUT2D eigenvalue weighted by molar-refractivity contribution is 4.99. The van der Waals surface area contributed by atoms with Crippen LogP contribution in [-0.2, 0) is 0 Å². The van der Waals surface area contributed by atoms with E-state index in [9.17, 15) is 0 Å². The zero-order chi connectivity index (χ0) is 10.7. The summed E-state index contributed by atoms with van der Waals surface area (Å²) in [5.74, 6) is 0. The van der Waals surface area contributed by atoms with Crippen LogP contribution in [0.2, 0.25) is 0 Å². The van der Waals surface area contributed by atoms with Gasteiger partial charge < -0.3 is 9.80 Å². The Labute approximate surface area is 93.3 Å². The van der Waals surface area contributed by atoms with Crippen LogP contribution >= 0.6 is 0 Å². The Bertz CT molecular complexity index is 213. The third-order valence-corrected chi connectivity index (χ3v) is 3.56. The van der Waals surface area contributed by atoms with Crippen LogP contribution in [0.15, 0.2) is 12.3 Å². The normalized spacial score (nSPS) is 24.7. The number of likely N-dealkylation sites (N-methyl/N-ethyl adjacent to an activating group) is 1. The first-order valence-electron chi connectivity index (χ1n) is 6.09. The van der Waals surface area contributed by atoms with Gasteiger partial charge in [0.15, 0.2) is 0 Å². The van der Waals surface area contributed by atoms with Crippen LogP contribution in [0, 0.1) is 0 Å². The number of rotatable bonds is 3. The van der Waals surface area contributed by atoms with E-state index < -0.39 is 0 Å². The lowest BCUT2D eigenvalue weighted by molar-refractivity contribution is 0.155. The van der Waals surface area contributed by atoms with E-state index in [0.717, 1.165) is 6.54 Å². The molecule has 0 atom stereocenters. The molecule has 0 bridgehead atoms. The number of hydrogen-bond acceptors (Lipinski definition) is 3. The highest BCUT2D eigenvalue weighted by atomic mass is 15.3. The van der Waals surface area contributed by atoms with Crippen LogP contribution in [-0.4, -0.2) is 67.6 Å². The predicted molar refractivity (Wildman–Crippen MR) is 63.9 cm³/mol. The van der Waals surface area contributed by atoms with E-state index in [4.69, 9.17) is 0 Å². The molecule has 0 saturated carbocycles. The first-order chi connectivity index (χ1) is 7.25. The molecule has 0 amide bonds. The lowest BCUT2D eigenvalue weighted by Gasteiger charge is -2.34. The fourth-order valence-corrected chi connectivity index (χ4v) is 2.40. The minimum Gasteiger partial charge on any atom is -0.374 e. The van der Waals surface area contributed by atoms with Crippen LogP contribution in [0.3, 0.4) is 0 Å². The van der Waals surface area contributed by atoms with Gasteiger partial charge in [0.05, 0.1) is 0 Å². The third kappa shape index (κ3) is 2.95. The molecule has 2 heterocycles. The zero-order valence-corrected chi connectivity index (χ0v) is 9.91. The number of piperazine rings is 1. The van der Waals surface area contributed by atoms with Gasteiger partial charge in [0.2, 0.25) is 0 Å². The van der Waals surface area contributed by atoms with Crippen LogP contribution in [0.5, 0.6) is 0 Å².